The molecule has 0 unspecified atom stereocenters. The van der Waals surface area contributed by atoms with E-state index < -0.39 is 11.7 Å². The van der Waals surface area contributed by atoms with Crippen molar-refractivity contribution in [1.82, 2.24) is 19.7 Å². The predicted octanol–water partition coefficient (Wildman–Crippen LogP) is 4.76. The molecule has 1 aliphatic heterocycles. The molecule has 168 valence electrons. The first-order chi connectivity index (χ1) is 14.7. The molecule has 1 saturated heterocycles. The first-order valence-electron chi connectivity index (χ1n) is 11.2. The lowest BCUT2D eigenvalue weighted by atomic mass is 10.0. The van der Waals surface area contributed by atoms with E-state index in [1.54, 1.807) is 0 Å². The molecule has 5 rings (SSSR count). The highest BCUT2D eigenvalue weighted by molar-refractivity contribution is 5.60. The summed E-state index contributed by atoms with van der Waals surface area (Å²) in [5.74, 6) is 1.74. The van der Waals surface area contributed by atoms with Crippen LogP contribution >= 0.6 is 0 Å². The van der Waals surface area contributed by atoms with Crippen molar-refractivity contribution < 1.29 is 17.9 Å². The topological polar surface area (TPSA) is 43.2 Å². The van der Waals surface area contributed by atoms with Crippen LogP contribution in [0.25, 0.3) is 11.3 Å². The normalized spacial score (nSPS) is 29.5. The zero-order valence-electron chi connectivity index (χ0n) is 18.1. The molecular formula is C23H29F3N4O. The van der Waals surface area contributed by atoms with E-state index in [0.29, 0.717) is 41.2 Å². The van der Waals surface area contributed by atoms with Gasteiger partial charge in [-0.2, -0.15) is 18.3 Å². The second kappa shape index (κ2) is 7.59. The fourth-order valence-corrected chi connectivity index (χ4v) is 5.67. The number of morpholine rings is 1. The van der Waals surface area contributed by atoms with Crippen LogP contribution in [-0.4, -0.2) is 51.5 Å². The van der Waals surface area contributed by atoms with Gasteiger partial charge in [-0.1, -0.05) is 0 Å². The minimum absolute atomic E-state index is 0.153. The smallest absolute Gasteiger partial charge is 0.376 e. The summed E-state index contributed by atoms with van der Waals surface area (Å²) in [7, 11) is 0. The highest BCUT2D eigenvalue weighted by atomic mass is 19.4. The molecule has 3 fully saturated rings. The van der Waals surface area contributed by atoms with Gasteiger partial charge >= 0.3 is 6.18 Å². The molecular weight excluding hydrogens is 405 g/mol. The van der Waals surface area contributed by atoms with Crippen LogP contribution in [0.3, 0.4) is 0 Å². The zero-order chi connectivity index (χ0) is 21.9. The lowest BCUT2D eigenvalue weighted by Gasteiger charge is -2.36. The maximum absolute atomic E-state index is 13.1. The van der Waals surface area contributed by atoms with Gasteiger partial charge in [0.05, 0.1) is 24.0 Å². The summed E-state index contributed by atoms with van der Waals surface area (Å²) in [6.45, 7) is 9.10. The Bertz CT molecular complexity index is 945. The molecule has 0 aromatic carbocycles. The standard InChI is InChI=1S/C23H29F3N4O/c1-13(2)30-21(9-20(28-30)15-6-16(11-27-10-15)23(24,25)26)22-18-7-17(8-19(18)22)29-4-5-31-14(3)12-29/h6,9-11,13-14,17-19,22H,4-5,7-8,12H2,1-3H3/t14-,17?,18-,19-,22?/m0/s1. The summed E-state index contributed by atoms with van der Waals surface area (Å²) in [6, 6.07) is 3.92. The Morgan fingerprint density at radius 2 is 1.87 bits per heavy atom. The van der Waals surface area contributed by atoms with Gasteiger partial charge in [-0.25, -0.2) is 0 Å². The van der Waals surface area contributed by atoms with E-state index in [4.69, 9.17) is 9.84 Å². The number of nitrogens with zero attached hydrogens (tertiary/aromatic N) is 4. The van der Waals surface area contributed by atoms with E-state index in [-0.39, 0.29) is 6.04 Å². The number of aromatic nitrogens is 3. The number of hydrogen-bond donors (Lipinski definition) is 0. The Hall–Kier alpha value is -1.93. The molecule has 2 aromatic heterocycles. The van der Waals surface area contributed by atoms with E-state index in [2.05, 4.69) is 30.7 Å². The number of ether oxygens (including phenoxy) is 1. The molecule has 3 heterocycles. The molecule has 0 spiro atoms. The molecule has 0 bridgehead atoms. The Morgan fingerprint density at radius 1 is 1.13 bits per heavy atom. The minimum atomic E-state index is -4.41. The van der Waals surface area contributed by atoms with Gasteiger partial charge in [0, 0.05) is 54.7 Å². The summed E-state index contributed by atoms with van der Waals surface area (Å²) < 4.78 is 47.1. The third kappa shape index (κ3) is 3.89. The van der Waals surface area contributed by atoms with Crippen LogP contribution < -0.4 is 0 Å². The zero-order valence-corrected chi connectivity index (χ0v) is 18.1. The van der Waals surface area contributed by atoms with Crippen LogP contribution in [0, 0.1) is 11.8 Å². The van der Waals surface area contributed by atoms with Gasteiger partial charge in [-0.3, -0.25) is 14.6 Å². The van der Waals surface area contributed by atoms with E-state index in [9.17, 15) is 13.2 Å². The van der Waals surface area contributed by atoms with Gasteiger partial charge in [-0.05, 0) is 57.6 Å². The lowest BCUT2D eigenvalue weighted by Crippen LogP contribution is -2.46. The SMILES string of the molecule is CC(C)n1nc(-c2cncc(C(F)(F)F)c2)cc1C1[C@H]2CC(N3CCO[C@@H](C)C3)C[C@H]12. The summed E-state index contributed by atoms with van der Waals surface area (Å²) in [5.41, 5.74) is 1.41. The van der Waals surface area contributed by atoms with Crippen molar-refractivity contribution in [3.8, 4) is 11.3 Å². The molecule has 5 nitrogen and oxygen atoms in total. The quantitative estimate of drug-likeness (QED) is 0.696. The number of pyridine rings is 1. The second-order valence-electron chi connectivity index (χ2n) is 9.61. The number of rotatable bonds is 4. The molecule has 0 amide bonds. The van der Waals surface area contributed by atoms with Crippen LogP contribution in [0.4, 0.5) is 13.2 Å². The third-order valence-electron chi connectivity index (χ3n) is 7.17. The molecule has 2 aromatic rings. The molecule has 31 heavy (non-hydrogen) atoms. The fourth-order valence-electron chi connectivity index (χ4n) is 5.67. The largest absolute Gasteiger partial charge is 0.417 e. The van der Waals surface area contributed by atoms with Gasteiger partial charge in [0.2, 0.25) is 0 Å². The average Bonchev–Trinajstić information content (AvgIpc) is 3.09. The van der Waals surface area contributed by atoms with Crippen molar-refractivity contribution in [3.63, 3.8) is 0 Å². The summed E-state index contributed by atoms with van der Waals surface area (Å²) in [5, 5.41) is 4.69. The van der Waals surface area contributed by atoms with Crippen LogP contribution in [-0.2, 0) is 10.9 Å². The molecule has 2 aliphatic carbocycles. The van der Waals surface area contributed by atoms with Crippen molar-refractivity contribution in [2.75, 3.05) is 19.7 Å². The average molecular weight is 435 g/mol. The Labute approximate surface area is 180 Å². The van der Waals surface area contributed by atoms with Crippen LogP contribution in [0.2, 0.25) is 0 Å². The highest BCUT2D eigenvalue weighted by Gasteiger charge is 2.58. The monoisotopic (exact) mass is 434 g/mol. The fraction of sp³-hybridized carbons (Fsp3) is 0.652. The first-order valence-corrected chi connectivity index (χ1v) is 11.2. The Morgan fingerprint density at radius 3 is 2.52 bits per heavy atom. The van der Waals surface area contributed by atoms with E-state index >= 15 is 0 Å². The summed E-state index contributed by atoms with van der Waals surface area (Å²) in [6.07, 6.45) is 0.591. The summed E-state index contributed by atoms with van der Waals surface area (Å²) in [4.78, 5) is 6.39. The first kappa shape index (κ1) is 20.9. The van der Waals surface area contributed by atoms with Gasteiger partial charge in [0.15, 0.2) is 0 Å². The van der Waals surface area contributed by atoms with Crippen molar-refractivity contribution in [1.29, 1.82) is 0 Å². The van der Waals surface area contributed by atoms with Crippen molar-refractivity contribution in [2.24, 2.45) is 11.8 Å². The highest BCUT2D eigenvalue weighted by Crippen LogP contribution is 2.64. The molecule has 0 N–H and O–H groups in total. The van der Waals surface area contributed by atoms with Gasteiger partial charge in [-0.15, -0.1) is 0 Å². The predicted molar refractivity (Wildman–Crippen MR) is 111 cm³/mol. The minimum Gasteiger partial charge on any atom is -0.376 e. The van der Waals surface area contributed by atoms with Gasteiger partial charge in [0.25, 0.3) is 0 Å². The van der Waals surface area contributed by atoms with E-state index in [1.807, 2.05) is 10.7 Å². The maximum atomic E-state index is 13.1. The lowest BCUT2D eigenvalue weighted by molar-refractivity contribution is -0.137. The van der Waals surface area contributed by atoms with E-state index in [0.717, 1.165) is 37.7 Å². The number of alkyl halides is 3. The number of fused-ring (bicyclic) bond motifs is 1. The molecule has 3 aliphatic rings. The van der Waals surface area contributed by atoms with E-state index in [1.165, 1.54) is 19.0 Å². The van der Waals surface area contributed by atoms with Gasteiger partial charge < -0.3 is 4.74 Å². The number of halogens is 3. The summed E-state index contributed by atoms with van der Waals surface area (Å²) >= 11 is 0. The molecule has 3 atom stereocenters. The molecule has 8 heteroatoms. The Kier molecular flexibility index (Phi) is 5.13. The second-order valence-corrected chi connectivity index (χ2v) is 9.61. The van der Waals surface area contributed by atoms with Crippen molar-refractivity contribution in [3.05, 3.63) is 35.8 Å². The van der Waals surface area contributed by atoms with Crippen LogP contribution in [0.5, 0.6) is 0 Å². The van der Waals surface area contributed by atoms with Crippen molar-refractivity contribution in [2.45, 2.75) is 63.9 Å². The van der Waals surface area contributed by atoms with Crippen LogP contribution in [0.15, 0.2) is 24.5 Å². The van der Waals surface area contributed by atoms with Crippen LogP contribution in [0.1, 0.15) is 56.8 Å². The molecule has 2 saturated carbocycles. The van der Waals surface area contributed by atoms with Gasteiger partial charge in [0.1, 0.15) is 0 Å². The number of hydrogen-bond acceptors (Lipinski definition) is 4. The maximum Gasteiger partial charge on any atom is 0.417 e. The Balaban J connectivity index is 1.35. The molecule has 0 radical (unpaired) electrons. The van der Waals surface area contributed by atoms with Crippen molar-refractivity contribution >= 4 is 0 Å². The third-order valence-corrected chi connectivity index (χ3v) is 7.17.